The van der Waals surface area contributed by atoms with Crippen molar-refractivity contribution in [3.63, 3.8) is 0 Å². The van der Waals surface area contributed by atoms with Gasteiger partial charge in [-0.3, -0.25) is 68.8 Å². The van der Waals surface area contributed by atoms with E-state index >= 15 is 0 Å². The molecule has 0 aliphatic carbocycles. The predicted octanol–water partition coefficient (Wildman–Crippen LogP) is -8.15. The second kappa shape index (κ2) is 25.1. The second-order valence-electron chi connectivity index (χ2n) is 15.3. The van der Waals surface area contributed by atoms with Gasteiger partial charge in [0.05, 0.1) is 11.1 Å². The molecule has 0 fully saturated rings. The first kappa shape index (κ1) is 77.9. The van der Waals surface area contributed by atoms with Crippen LogP contribution in [0.2, 0.25) is 0 Å². The first-order valence-corrected chi connectivity index (χ1v) is 41.6. The Morgan fingerprint density at radius 2 is 0.487 bits per heavy atom. The summed E-state index contributed by atoms with van der Waals surface area (Å²) < 4.78 is 195. The summed E-state index contributed by atoms with van der Waals surface area (Å²) in [4.78, 5) is 299. The van der Waals surface area contributed by atoms with Crippen molar-refractivity contribution in [2.45, 2.75) is 49.3 Å². The van der Waals surface area contributed by atoms with Gasteiger partial charge in [-0.25, -0.2) is 4.90 Å². The number of nitrogens with zero attached hydrogens (tertiary/aromatic N) is 2. The van der Waals surface area contributed by atoms with E-state index in [0.717, 1.165) is 0 Å². The van der Waals surface area contributed by atoms with Gasteiger partial charge in [0.1, 0.15) is 0 Å². The molecule has 458 valence electrons. The van der Waals surface area contributed by atoms with Crippen LogP contribution in [-0.4, -0.2) is 235 Å². The van der Waals surface area contributed by atoms with E-state index in [-0.39, 0.29) is 13.1 Å². The zero-order chi connectivity index (χ0) is 61.9. The van der Waals surface area contributed by atoms with E-state index in [1.165, 1.54) is 0 Å². The molecule has 0 bridgehead atoms. The van der Waals surface area contributed by atoms with Crippen molar-refractivity contribution in [2.24, 2.45) is 5.73 Å². The van der Waals surface area contributed by atoms with E-state index in [2.05, 4.69) is 5.32 Å². The zero-order valence-electron chi connectivity index (χ0n) is 36.3. The summed E-state index contributed by atoms with van der Waals surface area (Å²) in [5, 5.41) is -22.6. The monoisotopic (exact) mass is 1410 g/mol. The van der Waals surface area contributed by atoms with Crippen molar-refractivity contribution in [1.82, 2.24) is 20.4 Å². The van der Waals surface area contributed by atoms with Gasteiger partial charge in [0, 0.05) is 39.3 Å². The molecule has 0 atom stereocenters. The summed E-state index contributed by atoms with van der Waals surface area (Å²) in [7, 11) is -123. The van der Waals surface area contributed by atoms with Crippen LogP contribution in [-0.2, 0) is 63.9 Å². The molecule has 0 spiro atoms. The van der Waals surface area contributed by atoms with E-state index in [4.69, 9.17) is 5.73 Å². The minimum absolute atomic E-state index is 0.273. The van der Waals surface area contributed by atoms with Gasteiger partial charge in [-0.05, 0) is 0 Å². The van der Waals surface area contributed by atoms with Crippen LogP contribution in [0.25, 0.3) is 0 Å². The van der Waals surface area contributed by atoms with Gasteiger partial charge in [0.2, 0.25) is 16.6 Å². The molecule has 0 aromatic heterocycles. The Hall–Kier alpha value is 1.90. The van der Waals surface area contributed by atoms with Crippen LogP contribution in [0.5, 0.6) is 0 Å². The Kier molecular flexibility index (Phi) is 25.7. The molecule has 32 N–H and O–H groups in total. The van der Waals surface area contributed by atoms with Crippen molar-refractivity contribution in [1.29, 1.82) is 0 Å². The normalized spacial score (nSPS) is 16.1. The van der Waals surface area contributed by atoms with Gasteiger partial charge in [0.25, 0.3) is 0 Å². The summed E-state index contributed by atoms with van der Waals surface area (Å²) in [6.07, 6.45) is 0. The Labute approximate surface area is 421 Å². The lowest BCUT2D eigenvalue weighted by atomic mass is 9.77. The lowest BCUT2D eigenvalue weighted by Crippen LogP contribution is -2.87. The third kappa shape index (κ3) is 18.5. The molecule has 0 radical (unpaired) electrons. The molecule has 76 heavy (non-hydrogen) atoms. The summed E-state index contributed by atoms with van der Waals surface area (Å²) in [5.74, 6) is 0. The maximum absolute atomic E-state index is 14.2. The van der Waals surface area contributed by atoms with Crippen LogP contribution < -0.4 is 16.4 Å². The SMILES string of the molecule is NCCNCCNCCN(C(P(=O)(O)O)P(=O)(O)O)C(C(P(=O)(O)O)P(=O)(O)O)(C(P(=O)(O)O)P(=O)(O)O)C(C(P(=O)(O)O)P(=O)(O)O)(C(P(=O)(O)O)P(=O)(O)O)N(C(P(=O)(O)O)P(=O)(O)O)C(P(=O)(O)O)P(=O)(O)O. The quantitative estimate of drug-likeness (QED) is 0.0220. The fourth-order valence-electron chi connectivity index (χ4n) is 8.25. The van der Waals surface area contributed by atoms with E-state index in [1.54, 1.807) is 5.32 Å². The minimum Gasteiger partial charge on any atom is -0.329 e. The maximum Gasteiger partial charge on any atom is 0.355 e. The van der Waals surface area contributed by atoms with Crippen LogP contribution in [0.15, 0.2) is 0 Å². The average molecular weight is 1410 g/mol. The summed E-state index contributed by atoms with van der Waals surface area (Å²) in [5.41, 5.74) is -29.3. The molecule has 0 amide bonds. The fourth-order valence-corrected chi connectivity index (χ4v) is 32.6. The standard InChI is InChI=1S/C15H51N5O42P14/c16-1-2-17-3-4-18-5-6-19(11(71(45,46)47)72(48,49)50)14(7(63(21,22)23)64(24,25)26,8(65(27,28)29)66(30,31)32)15(9(67(33,34)35)68(36,37)38,10(69(39,40)41)70(42,43)44)20(12(73(51,52)53)74(54,55)56)13(75(57,58)59)76(60,61)62/h7-13,17-18H,1-6,16H2,(H2,21,22,23)(H2,24,25,26)(H2,27,28,29)(H2,30,31,32)(H2,33,34,35)(H2,36,37,38)(H2,39,40,41)(H2,42,43,44)(H2,45,46,47)(H2,48,49,50)(H2,51,52,53)(H2,54,55,56)(H2,57,58,59)(H2,60,61,62). The highest BCUT2D eigenvalue weighted by Gasteiger charge is 2.92. The second-order valence-corrected chi connectivity index (χ2v) is 41.7. The van der Waals surface area contributed by atoms with Gasteiger partial charge in [-0.15, -0.1) is 0 Å². The summed E-state index contributed by atoms with van der Waals surface area (Å²) in [6, 6.07) is 0. The number of hydrogen-bond acceptors (Lipinski definition) is 19. The molecule has 0 aromatic rings. The van der Waals surface area contributed by atoms with Crippen molar-refractivity contribution in [3.05, 3.63) is 0 Å². The van der Waals surface area contributed by atoms with Crippen LogP contribution in [0.1, 0.15) is 0 Å². The third-order valence-electron chi connectivity index (χ3n) is 9.58. The van der Waals surface area contributed by atoms with Crippen LogP contribution in [0, 0.1) is 0 Å². The topological polar surface area (TPSA) is 862 Å². The molecular weight excluding hydrogens is 1360 g/mol. The van der Waals surface area contributed by atoms with E-state index in [0.29, 0.717) is 0 Å². The van der Waals surface area contributed by atoms with E-state index in [1.807, 2.05) is 0 Å². The molecule has 0 aromatic carbocycles. The first-order valence-electron chi connectivity index (χ1n) is 18.0. The largest absolute Gasteiger partial charge is 0.355 e. The molecule has 0 saturated carbocycles. The minimum atomic E-state index is -9.10. The molecular formula is C15H51N5O42P14. The van der Waals surface area contributed by atoms with Gasteiger partial charge >= 0.3 is 106 Å². The van der Waals surface area contributed by atoms with E-state index < -0.39 is 192 Å². The third-order valence-corrected chi connectivity index (χ3v) is 35.6. The van der Waals surface area contributed by atoms with Crippen molar-refractivity contribution < 1.29 is 201 Å². The number of rotatable bonds is 32. The van der Waals surface area contributed by atoms with Gasteiger partial charge in [-0.1, -0.05) is 0 Å². The Morgan fingerprint density at radius 1 is 0.289 bits per heavy atom. The molecule has 47 nitrogen and oxygen atoms in total. The molecule has 0 aliphatic rings. The van der Waals surface area contributed by atoms with Crippen molar-refractivity contribution in [2.75, 3.05) is 39.3 Å². The smallest absolute Gasteiger partial charge is 0.329 e. The summed E-state index contributed by atoms with van der Waals surface area (Å²) in [6.45, 7) is -7.71. The Balaban J connectivity index is 13.5. The van der Waals surface area contributed by atoms with Crippen LogP contribution >= 0.6 is 106 Å². The van der Waals surface area contributed by atoms with Gasteiger partial charge < -0.3 is 153 Å². The van der Waals surface area contributed by atoms with Crippen molar-refractivity contribution >= 4 is 106 Å². The summed E-state index contributed by atoms with van der Waals surface area (Å²) >= 11 is 0. The fraction of sp³-hybridized carbons (Fsp3) is 1.00. The first-order chi connectivity index (χ1) is 32.6. The highest BCUT2D eigenvalue weighted by molar-refractivity contribution is 7.76. The molecule has 61 heteroatoms. The lowest BCUT2D eigenvalue weighted by molar-refractivity contribution is -0.0739. The van der Waals surface area contributed by atoms with Gasteiger partial charge in [0.15, 0.2) is 21.6 Å². The predicted molar refractivity (Wildman–Crippen MR) is 244 cm³/mol. The molecule has 0 aliphatic heterocycles. The number of hydrogen-bond donors (Lipinski definition) is 31. The number of nitrogens with one attached hydrogen (secondary N) is 2. The van der Waals surface area contributed by atoms with Crippen LogP contribution in [0.4, 0.5) is 0 Å². The maximum atomic E-state index is 14.2. The average Bonchev–Trinajstić information content (AvgIpc) is 3.00. The Morgan fingerprint density at radius 3 is 0.671 bits per heavy atom. The molecule has 0 rings (SSSR count). The van der Waals surface area contributed by atoms with Crippen molar-refractivity contribution in [3.8, 4) is 0 Å². The van der Waals surface area contributed by atoms with Crippen LogP contribution in [0.3, 0.4) is 0 Å². The zero-order valence-corrected chi connectivity index (χ0v) is 48.8. The Bertz CT molecular complexity index is 2480. The lowest BCUT2D eigenvalue weighted by Gasteiger charge is -2.68. The molecule has 0 heterocycles. The number of nitrogens with two attached hydrogens (primary N) is 1. The van der Waals surface area contributed by atoms with Gasteiger partial charge in [-0.2, -0.15) is 0 Å². The highest BCUT2D eigenvalue weighted by atomic mass is 31.3. The molecule has 0 saturated heterocycles. The molecule has 0 unspecified atom stereocenters. The van der Waals surface area contributed by atoms with E-state index in [9.17, 15) is 201 Å². The highest BCUT2D eigenvalue weighted by Crippen LogP contribution is 2.88.